The molecule has 0 aromatic heterocycles. The lowest BCUT2D eigenvalue weighted by Gasteiger charge is -2.36. The van der Waals surface area contributed by atoms with E-state index in [2.05, 4.69) is 6.92 Å². The number of unbranched alkanes of at least 4 members (excludes halogenated alkanes) is 12. The van der Waals surface area contributed by atoms with Crippen molar-refractivity contribution in [1.29, 1.82) is 0 Å². The highest BCUT2D eigenvalue weighted by molar-refractivity contribution is 6.09. The van der Waals surface area contributed by atoms with Crippen LogP contribution in [-0.4, -0.2) is 22.0 Å². The molecule has 6 heteroatoms. The van der Waals surface area contributed by atoms with Gasteiger partial charge in [0.2, 0.25) is 0 Å². The Hall–Kier alpha value is -3.80. The van der Waals surface area contributed by atoms with Gasteiger partial charge in [-0.25, -0.2) is 4.79 Å². The summed E-state index contributed by atoms with van der Waals surface area (Å²) >= 11 is 0. The molecule has 0 radical (unpaired) electrons. The molecule has 3 aromatic rings. The zero-order valence-electron chi connectivity index (χ0n) is 24.6. The molecule has 6 nitrogen and oxygen atoms in total. The number of carbonyl (C=O) groups excluding carboxylic acids is 2. The third-order valence-electron chi connectivity index (χ3n) is 8.61. The lowest BCUT2D eigenvalue weighted by molar-refractivity contribution is 0.0223. The Labute approximate surface area is 248 Å². The average molecular weight is 571 g/mol. The van der Waals surface area contributed by atoms with E-state index in [1.165, 1.54) is 88.5 Å². The molecule has 2 aliphatic rings. The van der Waals surface area contributed by atoms with E-state index in [-0.39, 0.29) is 22.8 Å². The predicted molar refractivity (Wildman–Crippen MR) is 163 cm³/mol. The van der Waals surface area contributed by atoms with Crippen molar-refractivity contribution in [1.82, 2.24) is 0 Å². The summed E-state index contributed by atoms with van der Waals surface area (Å²) in [7, 11) is 0. The second kappa shape index (κ2) is 13.5. The maximum absolute atomic E-state index is 13.5. The highest BCUT2D eigenvalue weighted by Crippen LogP contribution is 2.57. The fraction of sp³-hybridized carbons (Fsp3) is 0.444. The van der Waals surface area contributed by atoms with Gasteiger partial charge in [-0.1, -0.05) is 102 Å². The smallest absolute Gasteiger partial charge is 0.340 e. The van der Waals surface area contributed by atoms with Gasteiger partial charge in [-0.3, -0.25) is 4.79 Å². The molecule has 222 valence electrons. The zero-order valence-corrected chi connectivity index (χ0v) is 24.6. The number of phenolic OH excluding ortho intramolecular Hbond substituents is 2. The molecule has 3 aromatic carbocycles. The quantitative estimate of drug-likeness (QED) is 0.107. The zero-order chi connectivity index (χ0) is 29.5. The van der Waals surface area contributed by atoms with Gasteiger partial charge < -0.3 is 19.7 Å². The van der Waals surface area contributed by atoms with E-state index in [1.54, 1.807) is 30.3 Å². The van der Waals surface area contributed by atoms with Crippen LogP contribution >= 0.6 is 0 Å². The molecule has 0 atom stereocenters. The average Bonchev–Trinajstić information content (AvgIpc) is 3.27. The van der Waals surface area contributed by atoms with E-state index < -0.39 is 11.6 Å². The van der Waals surface area contributed by atoms with Crippen molar-refractivity contribution in [2.24, 2.45) is 0 Å². The lowest BCUT2D eigenvalue weighted by Crippen LogP contribution is -2.32. The topological polar surface area (TPSA) is 93.1 Å². The molecule has 2 aliphatic heterocycles. The Morgan fingerprint density at radius 3 is 1.76 bits per heavy atom. The van der Waals surface area contributed by atoms with Gasteiger partial charge in [0.15, 0.2) is 11.4 Å². The Balaban J connectivity index is 1.23. The fourth-order valence-corrected chi connectivity index (χ4v) is 6.42. The number of esters is 1. The van der Waals surface area contributed by atoms with Crippen molar-refractivity contribution in [3.63, 3.8) is 0 Å². The normalized spacial score (nSPS) is 14.2. The number of phenols is 2. The van der Waals surface area contributed by atoms with E-state index in [4.69, 9.17) is 9.47 Å². The molecular formula is C36H42O6. The molecule has 0 amide bonds. The number of rotatable bonds is 15. The molecule has 0 unspecified atom stereocenters. The minimum atomic E-state index is -1.36. The van der Waals surface area contributed by atoms with E-state index in [0.29, 0.717) is 40.2 Å². The van der Waals surface area contributed by atoms with Crippen LogP contribution in [0.15, 0.2) is 54.6 Å². The SMILES string of the molecule is CCCCCCCCCCCCCCCC(=O)c1cccc2c1C(=O)OC21c2ccc(O)cc2Oc2cc(O)ccc21. The molecule has 0 saturated carbocycles. The summed E-state index contributed by atoms with van der Waals surface area (Å²) in [6.45, 7) is 2.25. The number of aromatic hydroxyl groups is 2. The number of ether oxygens (including phenoxy) is 2. The number of hydrogen-bond donors (Lipinski definition) is 2. The second-order valence-corrected chi connectivity index (χ2v) is 11.7. The molecule has 0 aliphatic carbocycles. The van der Waals surface area contributed by atoms with Crippen molar-refractivity contribution >= 4 is 11.8 Å². The van der Waals surface area contributed by atoms with Crippen LogP contribution in [-0.2, 0) is 10.3 Å². The molecule has 2 heterocycles. The van der Waals surface area contributed by atoms with E-state index >= 15 is 0 Å². The Kier molecular flexibility index (Phi) is 9.51. The number of fused-ring (bicyclic) bond motifs is 6. The third-order valence-corrected chi connectivity index (χ3v) is 8.61. The summed E-state index contributed by atoms with van der Waals surface area (Å²) in [5.74, 6) is -0.000391. The van der Waals surface area contributed by atoms with Crippen LogP contribution in [0, 0.1) is 0 Å². The Morgan fingerprint density at radius 2 is 1.21 bits per heavy atom. The van der Waals surface area contributed by atoms with Gasteiger partial charge in [-0.2, -0.15) is 0 Å². The molecule has 0 saturated heterocycles. The van der Waals surface area contributed by atoms with Gasteiger partial charge in [0.1, 0.15) is 23.0 Å². The molecule has 5 rings (SSSR count). The van der Waals surface area contributed by atoms with Crippen molar-refractivity contribution in [2.45, 2.75) is 102 Å². The van der Waals surface area contributed by atoms with E-state index in [0.717, 1.165) is 19.3 Å². The molecule has 0 bridgehead atoms. The van der Waals surface area contributed by atoms with Gasteiger partial charge >= 0.3 is 5.97 Å². The number of ketones is 1. The first-order chi connectivity index (χ1) is 20.5. The van der Waals surface area contributed by atoms with Crippen LogP contribution < -0.4 is 4.74 Å². The minimum Gasteiger partial charge on any atom is -0.508 e. The third kappa shape index (κ3) is 6.04. The fourth-order valence-electron chi connectivity index (χ4n) is 6.42. The van der Waals surface area contributed by atoms with E-state index in [1.807, 2.05) is 0 Å². The first-order valence-electron chi connectivity index (χ1n) is 15.7. The maximum atomic E-state index is 13.5. The number of hydrogen-bond acceptors (Lipinski definition) is 6. The largest absolute Gasteiger partial charge is 0.508 e. The lowest BCUT2D eigenvalue weighted by atomic mass is 9.76. The molecule has 2 N–H and O–H groups in total. The Morgan fingerprint density at radius 1 is 0.690 bits per heavy atom. The first kappa shape index (κ1) is 29.7. The summed E-state index contributed by atoms with van der Waals surface area (Å²) in [4.78, 5) is 26.9. The second-order valence-electron chi connectivity index (χ2n) is 11.7. The van der Waals surface area contributed by atoms with Gasteiger partial charge in [0, 0.05) is 40.8 Å². The van der Waals surface area contributed by atoms with Gasteiger partial charge in [-0.05, 0) is 30.7 Å². The summed E-state index contributed by atoms with van der Waals surface area (Å²) in [6, 6.07) is 14.6. The van der Waals surface area contributed by atoms with E-state index in [9.17, 15) is 19.8 Å². The summed E-state index contributed by atoms with van der Waals surface area (Å²) in [5.41, 5.74) is 0.949. The molecule has 0 fully saturated rings. The van der Waals surface area contributed by atoms with Crippen molar-refractivity contribution in [3.8, 4) is 23.0 Å². The highest BCUT2D eigenvalue weighted by Gasteiger charge is 2.54. The number of benzene rings is 3. The molecule has 1 spiro atoms. The van der Waals surface area contributed by atoms with Crippen molar-refractivity contribution < 1.29 is 29.3 Å². The molecule has 42 heavy (non-hydrogen) atoms. The summed E-state index contributed by atoms with van der Waals surface area (Å²) in [5, 5.41) is 20.2. The summed E-state index contributed by atoms with van der Waals surface area (Å²) < 4.78 is 12.2. The minimum absolute atomic E-state index is 0.00113. The van der Waals surface area contributed by atoms with Gasteiger partial charge in [0.05, 0.1) is 5.56 Å². The van der Waals surface area contributed by atoms with Crippen LogP contribution in [0.25, 0.3) is 0 Å². The monoisotopic (exact) mass is 570 g/mol. The Bertz CT molecular complexity index is 1370. The highest BCUT2D eigenvalue weighted by atomic mass is 16.6. The van der Waals surface area contributed by atoms with Crippen LogP contribution in [0.2, 0.25) is 0 Å². The summed E-state index contributed by atoms with van der Waals surface area (Å²) in [6.07, 6.45) is 16.5. The van der Waals surface area contributed by atoms with Gasteiger partial charge in [0.25, 0.3) is 0 Å². The van der Waals surface area contributed by atoms with Gasteiger partial charge in [-0.15, -0.1) is 0 Å². The number of Topliss-reactive ketones (excluding diaryl/α,β-unsaturated/α-hetero) is 1. The standard InChI is InChI=1S/C36H42O6/c1-2-3-4-5-6-7-8-9-10-11-12-13-14-18-31(39)27-16-15-17-30-34(27)35(40)42-36(30)28-21-19-25(37)23-32(28)41-33-24-26(38)20-22-29(33)36/h15-17,19-24,37-38H,2-14,18H2,1H3. The number of carbonyl (C=O) groups is 2. The van der Waals surface area contributed by atoms with Crippen LogP contribution in [0.4, 0.5) is 0 Å². The van der Waals surface area contributed by atoms with Crippen molar-refractivity contribution in [3.05, 3.63) is 82.4 Å². The predicted octanol–water partition coefficient (Wildman–Crippen LogP) is 9.33. The maximum Gasteiger partial charge on any atom is 0.340 e. The van der Waals surface area contributed by atoms with Crippen molar-refractivity contribution in [2.75, 3.05) is 0 Å². The van der Waals surface area contributed by atoms with Crippen LogP contribution in [0.5, 0.6) is 23.0 Å². The van der Waals surface area contributed by atoms with Crippen LogP contribution in [0.1, 0.15) is 134 Å². The molecular weight excluding hydrogens is 528 g/mol. The first-order valence-corrected chi connectivity index (χ1v) is 15.7. The van der Waals surface area contributed by atoms with Crippen LogP contribution in [0.3, 0.4) is 0 Å².